The summed E-state index contributed by atoms with van der Waals surface area (Å²) in [5, 5.41) is 12.7. The summed E-state index contributed by atoms with van der Waals surface area (Å²) in [5.74, 6) is -1.75. The molecule has 10 nitrogen and oxygen atoms in total. The number of hydrogen-bond acceptors (Lipinski definition) is 6. The molecular weight excluding hydrogens is 414 g/mol. The van der Waals surface area contributed by atoms with E-state index in [-0.39, 0.29) is 19.3 Å². The highest BCUT2D eigenvalue weighted by molar-refractivity contribution is 6.25. The topological polar surface area (TPSA) is 158 Å². The normalized spacial score (nSPS) is 12.5. The molecule has 1 aromatic heterocycles. The summed E-state index contributed by atoms with van der Waals surface area (Å²) in [7, 11) is 1.37. The lowest BCUT2D eigenvalue weighted by Gasteiger charge is -2.21. The molecule has 0 unspecified atom stereocenters. The van der Waals surface area contributed by atoms with Crippen LogP contribution in [0.15, 0.2) is 24.4 Å². The fourth-order valence-electron chi connectivity index (χ4n) is 3.24. The fraction of sp³-hybridized carbons (Fsp3) is 0.409. The van der Waals surface area contributed by atoms with Crippen LogP contribution in [0.3, 0.4) is 0 Å². The molecule has 0 aliphatic carbocycles. The molecule has 1 amide bonds. The van der Waals surface area contributed by atoms with Crippen LogP contribution in [0.2, 0.25) is 0 Å². The molecule has 0 spiro atoms. The molecule has 2 atom stereocenters. The molecule has 10 heteroatoms. The number of aromatic amines is 1. The monoisotopic (exact) mass is 439 g/mol. The summed E-state index contributed by atoms with van der Waals surface area (Å²) in [6.45, 7) is 3.34. The Kier molecular flexibility index (Phi) is 8.83. The number of nitrogens with one attached hydrogen (secondary N) is 2. The lowest BCUT2D eigenvalue weighted by molar-refractivity contribution is -0.152. The molecule has 1 heterocycles. The number of H-pyrrole nitrogens is 1. The molecule has 2 aromatic rings. The average Bonchev–Trinajstić information content (AvgIpc) is 3.17. The van der Waals surface area contributed by atoms with Crippen LogP contribution in [-0.4, -0.2) is 59.0 Å². The van der Waals surface area contributed by atoms with Gasteiger partial charge in [-0.2, -0.15) is 10.1 Å². The largest absolute Gasteiger partial charge is 0.461 e. The van der Waals surface area contributed by atoms with Gasteiger partial charge in [0.25, 0.3) is 0 Å². The zero-order chi connectivity index (χ0) is 23.7. The van der Waals surface area contributed by atoms with Gasteiger partial charge in [0.05, 0.1) is 17.7 Å². The van der Waals surface area contributed by atoms with Crippen molar-refractivity contribution in [2.45, 2.75) is 51.4 Å². The Morgan fingerprint density at radius 1 is 1.34 bits per heavy atom. The smallest absolute Gasteiger partial charge is 0.328 e. The van der Waals surface area contributed by atoms with Crippen LogP contribution in [0.1, 0.15) is 37.8 Å². The van der Waals surface area contributed by atoms with Crippen molar-refractivity contribution in [1.82, 2.24) is 10.3 Å². The van der Waals surface area contributed by atoms with Crippen LogP contribution in [0, 0.1) is 11.3 Å². The van der Waals surface area contributed by atoms with Crippen molar-refractivity contribution in [2.24, 2.45) is 0 Å². The summed E-state index contributed by atoms with van der Waals surface area (Å²) in [4.78, 5) is 42.7. The highest BCUT2D eigenvalue weighted by Gasteiger charge is 2.28. The first-order valence-electron chi connectivity index (χ1n) is 10.0. The SMILES string of the molecule is CO[C@@H](Cc1c[nH]c2cccc(C#N)c12)C(=O)N[C@@H](CCC(=O)C=[N+]=[N-])C(=O)OC(C)C. The molecule has 2 N–H and O–H groups in total. The average molecular weight is 439 g/mol. The number of Topliss-reactive ketones (excluding diaryl/α,β-unsaturated/α-hetero) is 1. The first-order chi connectivity index (χ1) is 15.3. The van der Waals surface area contributed by atoms with Gasteiger partial charge in [0, 0.05) is 37.1 Å². The Labute approximate surface area is 185 Å². The summed E-state index contributed by atoms with van der Waals surface area (Å²) >= 11 is 0. The lowest BCUT2D eigenvalue weighted by atomic mass is 10.0. The number of ketones is 1. The van der Waals surface area contributed by atoms with Crippen molar-refractivity contribution in [3.8, 4) is 6.07 Å². The number of esters is 1. The molecule has 0 aliphatic heterocycles. The number of carbonyl (C=O) groups is 3. The zero-order valence-electron chi connectivity index (χ0n) is 18.1. The minimum absolute atomic E-state index is 0.0375. The van der Waals surface area contributed by atoms with Gasteiger partial charge in [-0.15, -0.1) is 0 Å². The molecule has 0 radical (unpaired) electrons. The van der Waals surface area contributed by atoms with E-state index in [9.17, 15) is 19.6 Å². The Hall–Kier alpha value is -3.80. The highest BCUT2D eigenvalue weighted by atomic mass is 16.5. The molecule has 2 rings (SSSR count). The van der Waals surface area contributed by atoms with Gasteiger partial charge >= 0.3 is 12.2 Å². The minimum Gasteiger partial charge on any atom is -0.461 e. The summed E-state index contributed by atoms with van der Waals surface area (Å²) in [6.07, 6.45) is 1.06. The number of hydrogen-bond donors (Lipinski definition) is 2. The second kappa shape index (κ2) is 11.6. The number of aromatic nitrogens is 1. The number of carbonyl (C=O) groups excluding carboxylic acids is 3. The maximum atomic E-state index is 12.9. The first-order valence-corrected chi connectivity index (χ1v) is 10.0. The second-order valence-electron chi connectivity index (χ2n) is 7.38. The van der Waals surface area contributed by atoms with E-state index >= 15 is 0 Å². The van der Waals surface area contributed by atoms with Crippen molar-refractivity contribution >= 4 is 34.8 Å². The lowest BCUT2D eigenvalue weighted by Crippen LogP contribution is -2.48. The third-order valence-corrected chi connectivity index (χ3v) is 4.72. The zero-order valence-corrected chi connectivity index (χ0v) is 18.1. The number of methoxy groups -OCH3 is 1. The van der Waals surface area contributed by atoms with E-state index in [0.29, 0.717) is 10.9 Å². The molecule has 1 aromatic carbocycles. The van der Waals surface area contributed by atoms with Crippen LogP contribution in [-0.2, 0) is 30.3 Å². The van der Waals surface area contributed by atoms with Gasteiger partial charge in [-0.3, -0.25) is 9.59 Å². The fourth-order valence-corrected chi connectivity index (χ4v) is 3.24. The van der Waals surface area contributed by atoms with Crippen molar-refractivity contribution < 1.29 is 28.6 Å². The van der Waals surface area contributed by atoms with E-state index in [1.165, 1.54) is 7.11 Å². The molecule has 0 bridgehead atoms. The molecule has 0 fully saturated rings. The van der Waals surface area contributed by atoms with Gasteiger partial charge in [0.15, 0.2) is 0 Å². The Balaban J connectivity index is 2.19. The molecular formula is C22H25N5O5. The van der Waals surface area contributed by atoms with Gasteiger partial charge in [0.2, 0.25) is 11.7 Å². The Morgan fingerprint density at radius 3 is 2.72 bits per heavy atom. The van der Waals surface area contributed by atoms with Crippen molar-refractivity contribution in [2.75, 3.05) is 7.11 Å². The van der Waals surface area contributed by atoms with Crippen LogP contribution in [0.25, 0.3) is 16.4 Å². The first kappa shape index (κ1) is 24.5. The minimum atomic E-state index is -1.09. The second-order valence-corrected chi connectivity index (χ2v) is 7.38. The van der Waals surface area contributed by atoms with Gasteiger partial charge in [-0.1, -0.05) is 6.07 Å². The number of fused-ring (bicyclic) bond motifs is 1. The van der Waals surface area contributed by atoms with Crippen LogP contribution < -0.4 is 5.32 Å². The van der Waals surface area contributed by atoms with Gasteiger partial charge in [-0.25, -0.2) is 4.79 Å². The van der Waals surface area contributed by atoms with Gasteiger partial charge < -0.3 is 25.3 Å². The number of amides is 1. The maximum absolute atomic E-state index is 12.9. The number of rotatable bonds is 11. The number of benzene rings is 1. The van der Waals surface area contributed by atoms with Crippen molar-refractivity contribution in [3.05, 3.63) is 41.1 Å². The third kappa shape index (κ3) is 6.35. The van der Waals surface area contributed by atoms with Crippen LogP contribution >= 0.6 is 0 Å². The van der Waals surface area contributed by atoms with E-state index < -0.39 is 35.9 Å². The predicted molar refractivity (Wildman–Crippen MR) is 115 cm³/mol. The molecule has 0 saturated carbocycles. The Bertz CT molecular complexity index is 1080. The van der Waals surface area contributed by atoms with Gasteiger partial charge in [0.1, 0.15) is 12.1 Å². The van der Waals surface area contributed by atoms with Crippen LogP contribution in [0.5, 0.6) is 0 Å². The van der Waals surface area contributed by atoms with Gasteiger partial charge in [-0.05, 0) is 38.0 Å². The highest BCUT2D eigenvalue weighted by Crippen LogP contribution is 2.24. The number of nitriles is 1. The van der Waals surface area contributed by atoms with E-state index in [1.54, 1.807) is 32.2 Å². The standard InChI is InChI=1S/C22H25N5O5/c1-13(2)32-22(30)18(8-7-16(28)12-26-24)27-21(29)19(31-3)9-15-11-25-17-6-4-5-14(10-23)20(15)17/h4-6,11-13,18-19,25H,7-9H2,1-3H3,(H,27,29)/t18-,19-/m0/s1. The summed E-state index contributed by atoms with van der Waals surface area (Å²) in [5.41, 5.74) is 10.4. The summed E-state index contributed by atoms with van der Waals surface area (Å²) < 4.78 is 10.5. The Morgan fingerprint density at radius 2 is 2.09 bits per heavy atom. The third-order valence-electron chi connectivity index (χ3n) is 4.72. The van der Waals surface area contributed by atoms with E-state index in [4.69, 9.17) is 15.0 Å². The van der Waals surface area contributed by atoms with E-state index in [2.05, 4.69) is 21.2 Å². The number of nitrogens with zero attached hydrogens (tertiary/aromatic N) is 3. The molecule has 0 saturated heterocycles. The van der Waals surface area contributed by atoms with Crippen molar-refractivity contribution in [1.29, 1.82) is 5.26 Å². The quantitative estimate of drug-likeness (QED) is 0.235. The van der Waals surface area contributed by atoms with E-state index in [1.807, 2.05) is 6.07 Å². The van der Waals surface area contributed by atoms with E-state index in [0.717, 1.165) is 17.3 Å². The molecule has 32 heavy (non-hydrogen) atoms. The maximum Gasteiger partial charge on any atom is 0.328 e. The molecule has 0 aliphatic rings. The number of ether oxygens (including phenoxy) is 2. The van der Waals surface area contributed by atoms with Crippen LogP contribution in [0.4, 0.5) is 0 Å². The predicted octanol–water partition coefficient (Wildman–Crippen LogP) is 1.68. The van der Waals surface area contributed by atoms with Crippen molar-refractivity contribution in [3.63, 3.8) is 0 Å². The molecule has 168 valence electrons. The summed E-state index contributed by atoms with van der Waals surface area (Å²) in [6, 6.07) is 6.32.